The molecule has 7 nitrogen and oxygen atoms in total. The molecule has 1 aliphatic rings. The molecule has 8 heteroatoms. The molecule has 1 aliphatic heterocycles. The minimum Gasteiger partial charge on any atom is -0.494 e. The average Bonchev–Trinajstić information content (AvgIpc) is 3.23. The molecule has 4 rings (SSSR count). The molecule has 36 heavy (non-hydrogen) atoms. The first-order valence-corrected chi connectivity index (χ1v) is 13.2. The lowest BCUT2D eigenvalue weighted by Gasteiger charge is -2.32. The van der Waals surface area contributed by atoms with Crippen molar-refractivity contribution >= 4 is 39.1 Å². The predicted octanol–water partition coefficient (Wildman–Crippen LogP) is 5.69. The highest BCUT2D eigenvalue weighted by Gasteiger charge is 2.28. The van der Waals surface area contributed by atoms with Crippen LogP contribution < -0.4 is 15.4 Å². The minimum absolute atomic E-state index is 0.0517. The Bertz CT molecular complexity index is 1190. The lowest BCUT2D eigenvalue weighted by atomic mass is 10.0. The third kappa shape index (κ3) is 6.49. The van der Waals surface area contributed by atoms with Gasteiger partial charge in [-0.25, -0.2) is 4.79 Å². The average molecular weight is 510 g/mol. The van der Waals surface area contributed by atoms with E-state index in [4.69, 9.17) is 9.47 Å². The number of thiophene rings is 1. The zero-order valence-electron chi connectivity index (χ0n) is 21.4. The molecule has 0 atom stereocenters. The lowest BCUT2D eigenvalue weighted by Crippen LogP contribution is -2.42. The summed E-state index contributed by atoms with van der Waals surface area (Å²) in [5, 5.41) is 7.39. The van der Waals surface area contributed by atoms with Crippen LogP contribution in [0, 0.1) is 0 Å². The number of hydrogen-bond acceptors (Lipinski definition) is 6. The molecular weight excluding hydrogens is 474 g/mol. The SMILES string of the molecule is COc1c(C(=O)N2CCC(Nc3ccc(CCNC(=O)OC(C)(C)C)cc3)CC2)sc2ccccc12. The van der Waals surface area contributed by atoms with Gasteiger partial charge in [0.2, 0.25) is 0 Å². The number of benzene rings is 2. The number of fused-ring (bicyclic) bond motifs is 1. The third-order valence-corrected chi connectivity index (χ3v) is 7.28. The largest absolute Gasteiger partial charge is 0.494 e. The molecule has 192 valence electrons. The second-order valence-corrected chi connectivity index (χ2v) is 11.1. The number of carbonyl (C=O) groups excluding carboxylic acids is 2. The van der Waals surface area contributed by atoms with E-state index in [0.29, 0.717) is 36.3 Å². The van der Waals surface area contributed by atoms with Gasteiger partial charge in [-0.3, -0.25) is 4.79 Å². The van der Waals surface area contributed by atoms with E-state index in [1.165, 1.54) is 11.3 Å². The highest BCUT2D eigenvalue weighted by molar-refractivity contribution is 7.21. The number of rotatable bonds is 7. The molecule has 0 bridgehead atoms. The molecule has 2 heterocycles. The number of likely N-dealkylation sites (tertiary alicyclic amines) is 1. The Morgan fingerprint density at radius 1 is 1.06 bits per heavy atom. The lowest BCUT2D eigenvalue weighted by molar-refractivity contribution is 0.0528. The fourth-order valence-electron chi connectivity index (χ4n) is 4.36. The number of ether oxygens (including phenoxy) is 2. The van der Waals surface area contributed by atoms with Gasteiger partial charge in [0.05, 0.1) is 7.11 Å². The maximum atomic E-state index is 13.3. The molecule has 1 fully saturated rings. The fraction of sp³-hybridized carbons (Fsp3) is 0.429. The van der Waals surface area contributed by atoms with Crippen LogP contribution >= 0.6 is 11.3 Å². The number of piperidine rings is 1. The zero-order valence-corrected chi connectivity index (χ0v) is 22.2. The number of alkyl carbamates (subject to hydrolysis) is 1. The van der Waals surface area contributed by atoms with Gasteiger partial charge in [-0.2, -0.15) is 0 Å². The summed E-state index contributed by atoms with van der Waals surface area (Å²) in [6.07, 6.45) is 2.12. The Kier molecular flexibility index (Phi) is 8.04. The summed E-state index contributed by atoms with van der Waals surface area (Å²) in [4.78, 5) is 27.6. The first-order valence-electron chi connectivity index (χ1n) is 12.4. The topological polar surface area (TPSA) is 79.9 Å². The normalized spacial score (nSPS) is 14.5. The summed E-state index contributed by atoms with van der Waals surface area (Å²) >= 11 is 1.50. The van der Waals surface area contributed by atoms with E-state index in [9.17, 15) is 9.59 Å². The Labute approximate surface area is 216 Å². The molecule has 0 spiro atoms. The van der Waals surface area contributed by atoms with E-state index in [0.717, 1.165) is 40.6 Å². The smallest absolute Gasteiger partial charge is 0.407 e. The van der Waals surface area contributed by atoms with Crippen LogP contribution in [0.5, 0.6) is 5.75 Å². The van der Waals surface area contributed by atoms with Gasteiger partial charge in [0.1, 0.15) is 16.2 Å². The van der Waals surface area contributed by atoms with Crippen molar-refractivity contribution in [3.63, 3.8) is 0 Å². The van der Waals surface area contributed by atoms with Gasteiger partial charge >= 0.3 is 6.09 Å². The number of methoxy groups -OCH3 is 1. The van der Waals surface area contributed by atoms with Gasteiger partial charge in [0.25, 0.3) is 5.91 Å². The Balaban J connectivity index is 1.25. The van der Waals surface area contributed by atoms with Crippen molar-refractivity contribution < 1.29 is 19.1 Å². The Hall–Kier alpha value is -3.26. The number of amides is 2. The van der Waals surface area contributed by atoms with Crippen molar-refractivity contribution in [1.82, 2.24) is 10.2 Å². The summed E-state index contributed by atoms with van der Waals surface area (Å²) in [5.74, 6) is 0.734. The van der Waals surface area contributed by atoms with Crippen molar-refractivity contribution in [2.45, 2.75) is 51.7 Å². The zero-order chi connectivity index (χ0) is 25.7. The molecule has 2 aromatic carbocycles. The second kappa shape index (κ2) is 11.2. The van der Waals surface area contributed by atoms with Crippen LogP contribution in [0.3, 0.4) is 0 Å². The van der Waals surface area contributed by atoms with E-state index in [1.54, 1.807) is 7.11 Å². The van der Waals surface area contributed by atoms with Crippen molar-refractivity contribution in [3.8, 4) is 5.75 Å². The fourth-order valence-corrected chi connectivity index (χ4v) is 5.50. The Morgan fingerprint density at radius 2 is 1.75 bits per heavy atom. The molecule has 1 saturated heterocycles. The molecule has 2 amide bonds. The molecule has 0 aliphatic carbocycles. The van der Waals surface area contributed by atoms with E-state index in [1.807, 2.05) is 49.9 Å². The van der Waals surface area contributed by atoms with E-state index < -0.39 is 11.7 Å². The molecule has 3 aromatic rings. The van der Waals surface area contributed by atoms with Crippen LogP contribution in [-0.2, 0) is 11.2 Å². The van der Waals surface area contributed by atoms with Crippen molar-refractivity contribution in [2.75, 3.05) is 32.1 Å². The van der Waals surface area contributed by atoms with Gasteiger partial charge in [-0.1, -0.05) is 24.3 Å². The van der Waals surface area contributed by atoms with Crippen molar-refractivity contribution in [3.05, 3.63) is 59.0 Å². The minimum atomic E-state index is -0.494. The standard InChI is InChI=1S/C28H35N3O4S/c1-28(2,3)35-27(33)29-16-13-19-9-11-20(12-10-19)30-21-14-17-31(18-15-21)26(32)25-24(34-4)22-7-5-6-8-23(22)36-25/h5-12,21,30H,13-18H2,1-4H3,(H,29,33). The number of anilines is 1. The molecule has 0 unspecified atom stereocenters. The first kappa shape index (κ1) is 25.8. The van der Waals surface area contributed by atoms with Crippen LogP contribution in [0.15, 0.2) is 48.5 Å². The van der Waals surface area contributed by atoms with E-state index >= 15 is 0 Å². The van der Waals surface area contributed by atoms with Crippen molar-refractivity contribution in [2.24, 2.45) is 0 Å². The van der Waals surface area contributed by atoms with Gasteiger partial charge in [0, 0.05) is 41.4 Å². The van der Waals surface area contributed by atoms with Gasteiger partial charge in [0.15, 0.2) is 0 Å². The molecule has 1 aromatic heterocycles. The summed E-state index contributed by atoms with van der Waals surface area (Å²) in [5.41, 5.74) is 1.72. The molecule has 0 radical (unpaired) electrons. The maximum Gasteiger partial charge on any atom is 0.407 e. The van der Waals surface area contributed by atoms with Gasteiger partial charge < -0.3 is 25.0 Å². The molecule has 0 saturated carbocycles. The predicted molar refractivity (Wildman–Crippen MR) is 145 cm³/mol. The third-order valence-electron chi connectivity index (χ3n) is 6.14. The highest BCUT2D eigenvalue weighted by atomic mass is 32.1. The summed E-state index contributed by atoms with van der Waals surface area (Å²) in [7, 11) is 1.63. The first-order chi connectivity index (χ1) is 17.2. The van der Waals surface area contributed by atoms with Gasteiger partial charge in [-0.15, -0.1) is 11.3 Å². The van der Waals surface area contributed by atoms with E-state index in [2.05, 4.69) is 34.9 Å². The summed E-state index contributed by atoms with van der Waals surface area (Å²) in [6.45, 7) is 7.50. The molecule has 2 N–H and O–H groups in total. The van der Waals surface area contributed by atoms with Crippen LogP contribution in [0.4, 0.5) is 10.5 Å². The van der Waals surface area contributed by atoms with Gasteiger partial charge in [-0.05, 0) is 69.9 Å². The quantitative estimate of drug-likeness (QED) is 0.428. The van der Waals surface area contributed by atoms with Crippen LogP contribution in [0.25, 0.3) is 10.1 Å². The Morgan fingerprint density at radius 3 is 2.42 bits per heavy atom. The summed E-state index contributed by atoms with van der Waals surface area (Å²) < 4.78 is 11.9. The maximum absolute atomic E-state index is 13.3. The van der Waals surface area contributed by atoms with Crippen LogP contribution in [-0.4, -0.2) is 55.3 Å². The number of nitrogens with zero attached hydrogens (tertiary/aromatic N) is 1. The van der Waals surface area contributed by atoms with Crippen molar-refractivity contribution in [1.29, 1.82) is 0 Å². The number of hydrogen-bond donors (Lipinski definition) is 2. The number of carbonyl (C=O) groups is 2. The van der Waals surface area contributed by atoms with E-state index in [-0.39, 0.29) is 5.91 Å². The van der Waals surface area contributed by atoms with Crippen LogP contribution in [0.2, 0.25) is 0 Å². The number of nitrogens with one attached hydrogen (secondary N) is 2. The highest BCUT2D eigenvalue weighted by Crippen LogP contribution is 2.38. The van der Waals surface area contributed by atoms with Crippen LogP contribution in [0.1, 0.15) is 48.8 Å². The second-order valence-electron chi connectivity index (χ2n) is 10.0. The summed E-state index contributed by atoms with van der Waals surface area (Å²) in [6, 6.07) is 16.6. The monoisotopic (exact) mass is 509 g/mol. The molecular formula is C28H35N3O4S.